The number of hydrogen-bond donors (Lipinski definition) is 12. The minimum atomic E-state index is -1.80. The number of carboxylic acid groups (broad SMARTS) is 1. The lowest BCUT2D eigenvalue weighted by atomic mass is 9.97. The first-order chi connectivity index (χ1) is 52.3. The second-order valence-corrected chi connectivity index (χ2v) is 31.9. The summed E-state index contributed by atoms with van der Waals surface area (Å²) in [7, 11) is 0. The average molecular weight is 1590 g/mol. The van der Waals surface area contributed by atoms with E-state index in [0.29, 0.717) is 56.5 Å². The zero-order valence-electron chi connectivity index (χ0n) is 66.5. The molecule has 7 amide bonds. The van der Waals surface area contributed by atoms with Crippen molar-refractivity contribution in [1.29, 1.82) is 0 Å². The molecule has 0 saturated heterocycles. The van der Waals surface area contributed by atoms with E-state index in [4.69, 9.17) is 16.1 Å². The maximum Gasteiger partial charge on any atom is 0.326 e. The van der Waals surface area contributed by atoms with E-state index in [-0.39, 0.29) is 95.9 Å². The fraction of sp³-hybridized carbons (Fsp3) is 0.779. The number of nitro groups is 1. The van der Waals surface area contributed by atoms with Gasteiger partial charge in [-0.2, -0.15) is 11.8 Å². The summed E-state index contributed by atoms with van der Waals surface area (Å²) in [6.45, 7) is 12.9. The molecule has 0 spiro atoms. The molecule has 1 aromatic carbocycles. The summed E-state index contributed by atoms with van der Waals surface area (Å²) in [4.78, 5) is 155. The Labute approximate surface area is 659 Å². The van der Waals surface area contributed by atoms with Crippen molar-refractivity contribution in [2.45, 2.75) is 334 Å². The number of hydrogen-bond acceptors (Lipinski definition) is 21. The first kappa shape index (κ1) is 98.3. The van der Waals surface area contributed by atoms with Gasteiger partial charge in [-0.05, 0) is 92.1 Å². The molecule has 109 heavy (non-hydrogen) atoms. The van der Waals surface area contributed by atoms with Crippen LogP contribution in [0.4, 0.5) is 11.4 Å². The molecule has 1 aromatic heterocycles. The zero-order chi connectivity index (χ0) is 80.7. The number of nitrogens with two attached hydrogens (primary N) is 2. The van der Waals surface area contributed by atoms with E-state index in [2.05, 4.69) is 71.7 Å². The summed E-state index contributed by atoms with van der Waals surface area (Å²) in [5.41, 5.74) is 11.7. The fourth-order valence-corrected chi connectivity index (χ4v) is 14.5. The molecule has 0 aliphatic heterocycles. The lowest BCUT2D eigenvalue weighted by Gasteiger charge is -2.30. The minimum absolute atomic E-state index is 0.00412. The van der Waals surface area contributed by atoms with E-state index in [1.54, 1.807) is 27.7 Å². The Hall–Kier alpha value is -6.80. The number of nitrogens with zero attached hydrogens (tertiary/aromatic N) is 4. The van der Waals surface area contributed by atoms with E-state index in [9.17, 15) is 68.3 Å². The van der Waals surface area contributed by atoms with Crippen LogP contribution < -0.4 is 54.0 Å². The number of carbonyl (C=O) groups is 10. The largest absolute Gasteiger partial charge is 0.480 e. The first-order valence-corrected chi connectivity index (χ1v) is 43.7. The molecule has 1 heterocycles. The van der Waals surface area contributed by atoms with Gasteiger partial charge in [0, 0.05) is 49.9 Å². The third kappa shape index (κ3) is 43.0. The van der Waals surface area contributed by atoms with Gasteiger partial charge in [-0.3, -0.25) is 58.3 Å². The first-order valence-electron chi connectivity index (χ1n) is 40.4. The predicted octanol–water partition coefficient (Wildman–Crippen LogP) is 11.3. The standard InChI is InChI=1S/C77H134N14O15S3/c1-9-13-15-17-19-21-23-25-27-29-31-33-37-43-63(94)108-51-59(84-70(96)57(41-40-49-81-77(78)79)83-71(97)58(47-50-107-8)82-62(93)42-36-35-39-48-80-56-45-46-61(91(104)105)69-68(56)89-106-90-69)73(99)88-67(55(7)92)75(101)86-65(53(5)11-3)74(100)85-60(72(98)87-66(76(102)103)54(6)12-4)52-109-64(95)44-38-34-32-30-28-26-24-22-20-18-16-14-10-2/h45-46,53-55,57-60,65-67,80,92H,9-44,47-52H2,1-8H3,(H,82,93)(H,83,97)(H,84,96)(H,85,100)(H,86,101)(H,87,98)(H,88,99)(H,102,103)(H4,78,79,81)/t53-,54-,55+,57-,58-,59-,60-,65-,66-,67-/m0/s1. The Balaban J connectivity index is 2.40. The number of thioether (sulfide) groups is 3. The number of amides is 7. The van der Waals surface area contributed by atoms with Crippen LogP contribution in [0.2, 0.25) is 0 Å². The van der Waals surface area contributed by atoms with Crippen molar-refractivity contribution >= 4 is 121 Å². The van der Waals surface area contributed by atoms with Crippen molar-refractivity contribution in [3.05, 3.63) is 22.2 Å². The molecule has 0 aliphatic carbocycles. The number of unbranched alkanes of at least 4 members (excludes halogenated alkanes) is 26. The van der Waals surface area contributed by atoms with Gasteiger partial charge in [-0.15, -0.1) is 0 Å². The number of carbonyl (C=O) groups excluding carboxylic acids is 9. The molecule has 0 saturated carbocycles. The number of aliphatic hydroxyl groups is 1. The van der Waals surface area contributed by atoms with Crippen LogP contribution in [0, 0.1) is 22.0 Å². The molecule has 2 aromatic rings. The molecule has 0 aliphatic rings. The van der Waals surface area contributed by atoms with E-state index in [1.165, 1.54) is 127 Å². The Morgan fingerprint density at radius 3 is 1.37 bits per heavy atom. The predicted molar refractivity (Wildman–Crippen MR) is 436 cm³/mol. The highest BCUT2D eigenvalue weighted by Crippen LogP contribution is 2.29. The van der Waals surface area contributed by atoms with Crippen molar-refractivity contribution in [3.63, 3.8) is 0 Å². The molecule has 0 bridgehead atoms. The van der Waals surface area contributed by atoms with Gasteiger partial charge in [-0.1, -0.05) is 238 Å². The van der Waals surface area contributed by atoms with Gasteiger partial charge >= 0.3 is 11.7 Å². The normalized spacial score (nSPS) is 14.1. The lowest BCUT2D eigenvalue weighted by Crippen LogP contribution is -2.63. The third-order valence-electron chi connectivity index (χ3n) is 19.5. The summed E-state index contributed by atoms with van der Waals surface area (Å²) < 4.78 is 4.75. The van der Waals surface area contributed by atoms with Gasteiger partial charge in [0.05, 0.1) is 16.7 Å². The molecular formula is C77H134N14O15S3. The number of aliphatic hydroxyl groups excluding tert-OH is 1. The van der Waals surface area contributed by atoms with Crippen LogP contribution in [-0.2, 0) is 47.9 Å². The number of anilines is 1. The number of benzene rings is 1. The second-order valence-electron chi connectivity index (χ2n) is 28.8. The fourth-order valence-electron chi connectivity index (χ4n) is 12.3. The van der Waals surface area contributed by atoms with Crippen LogP contribution in [0.1, 0.15) is 286 Å². The number of aliphatic imine (C=N–C) groups is 1. The number of carboxylic acids is 1. The number of fused-ring (bicyclic) bond motifs is 1. The molecule has 10 atom stereocenters. The molecule has 2 rings (SSSR count). The van der Waals surface area contributed by atoms with Gasteiger partial charge in [0.15, 0.2) is 21.7 Å². The monoisotopic (exact) mass is 1590 g/mol. The van der Waals surface area contributed by atoms with Crippen LogP contribution >= 0.6 is 35.3 Å². The molecular weight excluding hydrogens is 1460 g/mol. The number of non-ortho nitro benzene ring substituents is 1. The topological polar surface area (TPSA) is 454 Å². The minimum Gasteiger partial charge on any atom is -0.480 e. The second kappa shape index (κ2) is 59.9. The number of aromatic nitrogens is 2. The maximum absolute atomic E-state index is 14.8. The SMILES string of the molecule is CCCCCCCCCCCCCCCC(=O)SC[C@H](NC(=O)[C@H](CCCN=C(N)N)NC(=O)[C@H](CCSC)NC(=O)CCCCCNc1ccc([N+](=O)[O-])c2nonc12)C(=O)N[C@H](C(=O)N[C@H](C(=O)N[C@@H](CSC(=O)CCCCCCCCCCCCCCC)C(=O)N[C@H](C(=O)O)[C@@H](C)CC)[C@@H](C)CC)[C@@H](C)O. The van der Waals surface area contributed by atoms with Crippen molar-refractivity contribution in [1.82, 2.24) is 47.5 Å². The molecule has 0 radical (unpaired) electrons. The molecule has 0 unspecified atom stereocenters. The number of nitro benzene ring substituents is 1. The number of nitrogens with one attached hydrogen (secondary N) is 8. The van der Waals surface area contributed by atoms with E-state index >= 15 is 0 Å². The molecule has 32 heteroatoms. The van der Waals surface area contributed by atoms with Crippen LogP contribution in [0.3, 0.4) is 0 Å². The van der Waals surface area contributed by atoms with Gasteiger partial charge < -0.3 is 64.2 Å². The molecule has 0 fully saturated rings. The van der Waals surface area contributed by atoms with Crippen LogP contribution in [0.25, 0.3) is 11.0 Å². The molecule has 14 N–H and O–H groups in total. The van der Waals surface area contributed by atoms with E-state index in [0.717, 1.165) is 81.3 Å². The summed E-state index contributed by atoms with van der Waals surface area (Å²) >= 11 is 3.05. The van der Waals surface area contributed by atoms with Crippen molar-refractivity contribution in [2.75, 3.05) is 41.9 Å². The Morgan fingerprint density at radius 1 is 0.505 bits per heavy atom. The summed E-state index contributed by atoms with van der Waals surface area (Å²) in [5, 5.41) is 61.7. The van der Waals surface area contributed by atoms with E-state index in [1.807, 2.05) is 6.26 Å². The highest BCUT2D eigenvalue weighted by Gasteiger charge is 2.38. The van der Waals surface area contributed by atoms with Gasteiger partial charge in [0.2, 0.25) is 46.9 Å². The van der Waals surface area contributed by atoms with Crippen molar-refractivity contribution < 1.29 is 67.7 Å². The van der Waals surface area contributed by atoms with Crippen molar-refractivity contribution in [2.24, 2.45) is 28.3 Å². The van der Waals surface area contributed by atoms with Gasteiger partial charge in [0.25, 0.3) is 0 Å². The van der Waals surface area contributed by atoms with Gasteiger partial charge in [-0.25, -0.2) is 9.42 Å². The number of guanidine groups is 1. The highest BCUT2D eigenvalue weighted by atomic mass is 32.2. The third-order valence-corrected chi connectivity index (χ3v) is 22.2. The van der Waals surface area contributed by atoms with Crippen LogP contribution in [0.5, 0.6) is 0 Å². The number of aliphatic carboxylic acids is 1. The Morgan fingerprint density at radius 2 is 0.908 bits per heavy atom. The highest BCUT2D eigenvalue weighted by molar-refractivity contribution is 8.13. The quantitative estimate of drug-likeness (QED) is 0.00962. The van der Waals surface area contributed by atoms with Crippen LogP contribution in [0.15, 0.2) is 21.8 Å². The Kier molecular flexibility index (Phi) is 54.0. The summed E-state index contributed by atoms with van der Waals surface area (Å²) in [5.74, 6) is -8.71. The summed E-state index contributed by atoms with van der Waals surface area (Å²) in [6, 6.07) is -7.32. The zero-order valence-corrected chi connectivity index (χ0v) is 68.9. The van der Waals surface area contributed by atoms with Crippen molar-refractivity contribution in [3.8, 4) is 0 Å². The Bertz CT molecular complexity index is 3040. The molecule has 620 valence electrons. The van der Waals surface area contributed by atoms with Gasteiger partial charge in [0.1, 0.15) is 42.3 Å². The lowest BCUT2D eigenvalue weighted by molar-refractivity contribution is -0.383. The number of rotatable bonds is 66. The average Bonchev–Trinajstić information content (AvgIpc) is 1.71. The smallest absolute Gasteiger partial charge is 0.326 e. The maximum atomic E-state index is 14.8. The van der Waals surface area contributed by atoms with Crippen LogP contribution in [-0.4, -0.2) is 174 Å². The summed E-state index contributed by atoms with van der Waals surface area (Å²) in [6.07, 6.45) is 32.1. The van der Waals surface area contributed by atoms with E-state index < -0.39 is 112 Å². The molecule has 29 nitrogen and oxygen atoms in total.